The summed E-state index contributed by atoms with van der Waals surface area (Å²) in [6, 6.07) is 6.95. The molecule has 3 aromatic rings. The maximum atomic E-state index is 13.5. The first kappa shape index (κ1) is 17.5. The second-order valence-electron chi connectivity index (χ2n) is 5.39. The quantitative estimate of drug-likeness (QED) is 0.648. The van der Waals surface area contributed by atoms with E-state index in [1.807, 2.05) is 0 Å². The third kappa shape index (κ3) is 3.85. The Morgan fingerprint density at radius 1 is 1.12 bits per heavy atom. The molecule has 0 unspecified atom stereocenters. The van der Waals surface area contributed by atoms with Crippen molar-refractivity contribution >= 4 is 11.9 Å². The summed E-state index contributed by atoms with van der Waals surface area (Å²) in [6.07, 6.45) is 2.67. The summed E-state index contributed by atoms with van der Waals surface area (Å²) in [5.74, 6) is -0.949. The Kier molecular flexibility index (Phi) is 5.21. The maximum Gasteiger partial charge on any atom is 0.266 e. The Balaban J connectivity index is 1.92. The van der Waals surface area contributed by atoms with Gasteiger partial charge < -0.3 is 10.7 Å². The van der Waals surface area contributed by atoms with E-state index in [4.69, 9.17) is 5.41 Å². The average Bonchev–Trinajstić information content (AvgIpc) is 2.67. The zero-order chi connectivity index (χ0) is 18.5. The Bertz CT molecular complexity index is 916. The largest absolute Gasteiger partial charge is 0.378 e. The van der Waals surface area contributed by atoms with Gasteiger partial charge >= 0.3 is 0 Å². The molecule has 3 rings (SSSR count). The highest BCUT2D eigenvalue weighted by molar-refractivity contribution is 5.85. The summed E-state index contributed by atoms with van der Waals surface area (Å²) >= 11 is 0. The normalized spacial score (nSPS) is 10.8. The molecule has 0 aliphatic carbocycles. The Hall–Kier alpha value is -3.29. The van der Waals surface area contributed by atoms with Crippen LogP contribution < -0.4 is 5.32 Å². The molecule has 0 radical (unpaired) electrons. The SMILES string of the molecule is N=Cc1ncc(-c2ccc(F)c(C(F)F)c2)cc1NCc1ccncn1. The average molecular weight is 357 g/mol. The fourth-order valence-corrected chi connectivity index (χ4v) is 2.39. The zero-order valence-electron chi connectivity index (χ0n) is 13.5. The predicted octanol–water partition coefficient (Wildman–Crippen LogP) is 4.23. The topological polar surface area (TPSA) is 74.6 Å². The van der Waals surface area contributed by atoms with Gasteiger partial charge in [-0.1, -0.05) is 6.07 Å². The van der Waals surface area contributed by atoms with Crippen LogP contribution in [0.4, 0.5) is 18.9 Å². The summed E-state index contributed by atoms with van der Waals surface area (Å²) in [5, 5.41) is 10.6. The van der Waals surface area contributed by atoms with Gasteiger partial charge in [-0.05, 0) is 29.8 Å². The number of hydrogen-bond donors (Lipinski definition) is 2. The minimum absolute atomic E-state index is 0.375. The molecule has 0 bridgehead atoms. The van der Waals surface area contributed by atoms with Crippen molar-refractivity contribution in [2.45, 2.75) is 13.0 Å². The van der Waals surface area contributed by atoms with Crippen LogP contribution in [0, 0.1) is 11.2 Å². The second kappa shape index (κ2) is 7.73. The number of nitrogens with one attached hydrogen (secondary N) is 2. The molecule has 0 saturated heterocycles. The van der Waals surface area contributed by atoms with Crippen molar-refractivity contribution in [1.29, 1.82) is 5.41 Å². The van der Waals surface area contributed by atoms with Gasteiger partial charge in [0.05, 0.1) is 23.5 Å². The second-order valence-corrected chi connectivity index (χ2v) is 5.39. The van der Waals surface area contributed by atoms with Gasteiger partial charge in [-0.2, -0.15) is 0 Å². The number of anilines is 1. The molecule has 0 aliphatic rings. The lowest BCUT2D eigenvalue weighted by molar-refractivity contribution is 0.146. The van der Waals surface area contributed by atoms with Gasteiger partial charge in [0.1, 0.15) is 17.8 Å². The van der Waals surface area contributed by atoms with Crippen molar-refractivity contribution in [2.24, 2.45) is 0 Å². The number of hydrogen-bond acceptors (Lipinski definition) is 5. The molecule has 26 heavy (non-hydrogen) atoms. The van der Waals surface area contributed by atoms with Crippen LogP contribution in [0.25, 0.3) is 11.1 Å². The summed E-state index contributed by atoms with van der Waals surface area (Å²) < 4.78 is 39.3. The molecule has 0 aliphatic heterocycles. The molecule has 8 heteroatoms. The number of alkyl halides is 2. The van der Waals surface area contributed by atoms with Gasteiger partial charge in [-0.15, -0.1) is 0 Å². The van der Waals surface area contributed by atoms with E-state index in [1.165, 1.54) is 18.6 Å². The van der Waals surface area contributed by atoms with E-state index < -0.39 is 17.8 Å². The summed E-state index contributed by atoms with van der Waals surface area (Å²) in [4.78, 5) is 12.1. The van der Waals surface area contributed by atoms with E-state index in [-0.39, 0.29) is 0 Å². The van der Waals surface area contributed by atoms with Gasteiger partial charge in [0, 0.05) is 24.2 Å². The fourth-order valence-electron chi connectivity index (χ4n) is 2.39. The summed E-state index contributed by atoms with van der Waals surface area (Å²) in [6.45, 7) is 0.375. The van der Waals surface area contributed by atoms with Crippen molar-refractivity contribution in [3.63, 3.8) is 0 Å². The number of rotatable bonds is 6. The van der Waals surface area contributed by atoms with Crippen LogP contribution in [0.5, 0.6) is 0 Å². The van der Waals surface area contributed by atoms with Crippen LogP contribution in [-0.4, -0.2) is 21.2 Å². The van der Waals surface area contributed by atoms with Crippen LogP contribution in [0.2, 0.25) is 0 Å². The highest BCUT2D eigenvalue weighted by Gasteiger charge is 2.15. The third-order valence-electron chi connectivity index (χ3n) is 3.72. The molecule has 0 fully saturated rings. The maximum absolute atomic E-state index is 13.5. The lowest BCUT2D eigenvalue weighted by atomic mass is 10.0. The van der Waals surface area contributed by atoms with Crippen LogP contribution in [0.1, 0.15) is 23.4 Å². The molecule has 0 amide bonds. The minimum atomic E-state index is -2.90. The van der Waals surface area contributed by atoms with E-state index in [2.05, 4.69) is 20.3 Å². The Labute approximate surface area is 147 Å². The molecule has 2 heterocycles. The smallest absolute Gasteiger partial charge is 0.266 e. The van der Waals surface area contributed by atoms with Crippen molar-refractivity contribution in [3.05, 3.63) is 71.8 Å². The predicted molar refractivity (Wildman–Crippen MR) is 91.8 cm³/mol. The highest BCUT2D eigenvalue weighted by atomic mass is 19.3. The number of aromatic nitrogens is 3. The highest BCUT2D eigenvalue weighted by Crippen LogP contribution is 2.29. The molecule has 2 N–H and O–H groups in total. The number of benzene rings is 1. The Morgan fingerprint density at radius 3 is 2.65 bits per heavy atom. The van der Waals surface area contributed by atoms with E-state index in [9.17, 15) is 13.2 Å². The van der Waals surface area contributed by atoms with E-state index >= 15 is 0 Å². The first-order valence-corrected chi connectivity index (χ1v) is 7.65. The van der Waals surface area contributed by atoms with Crippen molar-refractivity contribution in [3.8, 4) is 11.1 Å². The number of halogens is 3. The first-order valence-electron chi connectivity index (χ1n) is 7.65. The van der Waals surface area contributed by atoms with Gasteiger partial charge in [0.15, 0.2) is 0 Å². The monoisotopic (exact) mass is 357 g/mol. The van der Waals surface area contributed by atoms with Gasteiger partial charge in [0.25, 0.3) is 6.43 Å². The van der Waals surface area contributed by atoms with Crippen molar-refractivity contribution in [1.82, 2.24) is 15.0 Å². The van der Waals surface area contributed by atoms with E-state index in [0.29, 0.717) is 29.1 Å². The van der Waals surface area contributed by atoms with E-state index in [1.54, 1.807) is 18.3 Å². The van der Waals surface area contributed by atoms with Crippen LogP contribution in [0.15, 0.2) is 49.1 Å². The number of nitrogens with zero attached hydrogens (tertiary/aromatic N) is 3. The van der Waals surface area contributed by atoms with Crippen molar-refractivity contribution in [2.75, 3.05) is 5.32 Å². The standard InChI is InChI=1S/C18H14F3N5/c19-15-2-1-11(5-14(15)18(20)21)12-6-16(17(7-22)24-8-12)25-9-13-3-4-23-10-26-13/h1-8,10,18,22,25H,9H2. The zero-order valence-corrected chi connectivity index (χ0v) is 13.5. The summed E-state index contributed by atoms with van der Waals surface area (Å²) in [5.41, 5.74) is 1.95. The lowest BCUT2D eigenvalue weighted by Gasteiger charge is -2.12. The lowest BCUT2D eigenvalue weighted by Crippen LogP contribution is -2.05. The van der Waals surface area contributed by atoms with Crippen LogP contribution in [-0.2, 0) is 6.54 Å². The number of pyridine rings is 1. The Morgan fingerprint density at radius 2 is 1.96 bits per heavy atom. The molecule has 1 aromatic carbocycles. The van der Waals surface area contributed by atoms with Gasteiger partial charge in [-0.3, -0.25) is 4.98 Å². The van der Waals surface area contributed by atoms with Gasteiger partial charge in [0.2, 0.25) is 0 Å². The molecule has 0 atom stereocenters. The van der Waals surface area contributed by atoms with Crippen molar-refractivity contribution < 1.29 is 13.2 Å². The summed E-state index contributed by atoms with van der Waals surface area (Å²) in [7, 11) is 0. The van der Waals surface area contributed by atoms with Gasteiger partial charge in [-0.25, -0.2) is 23.1 Å². The van der Waals surface area contributed by atoms with Crippen LogP contribution in [0.3, 0.4) is 0 Å². The molecule has 132 valence electrons. The molecular weight excluding hydrogens is 343 g/mol. The molecule has 0 saturated carbocycles. The van der Waals surface area contributed by atoms with E-state index in [0.717, 1.165) is 24.0 Å². The van der Waals surface area contributed by atoms with Crippen LogP contribution >= 0.6 is 0 Å². The fraction of sp³-hybridized carbons (Fsp3) is 0.111. The first-order chi connectivity index (χ1) is 12.6. The molecular formula is C18H14F3N5. The minimum Gasteiger partial charge on any atom is -0.378 e. The third-order valence-corrected chi connectivity index (χ3v) is 3.72. The molecule has 0 spiro atoms. The molecule has 2 aromatic heterocycles. The molecule has 5 nitrogen and oxygen atoms in total.